The van der Waals surface area contributed by atoms with Crippen LogP contribution in [0.5, 0.6) is 0 Å². The largest absolute Gasteiger partial charge is 0.389 e. The van der Waals surface area contributed by atoms with E-state index in [2.05, 4.69) is 17.4 Å². The summed E-state index contributed by atoms with van der Waals surface area (Å²) in [5.41, 5.74) is 1.34. The molecule has 0 bridgehead atoms. The van der Waals surface area contributed by atoms with Crippen molar-refractivity contribution in [2.75, 3.05) is 6.54 Å². The van der Waals surface area contributed by atoms with Gasteiger partial charge in [-0.25, -0.2) is 0 Å². The molecule has 4 heteroatoms. The van der Waals surface area contributed by atoms with Crippen LogP contribution in [0.25, 0.3) is 0 Å². The molecule has 0 atom stereocenters. The van der Waals surface area contributed by atoms with Crippen LogP contribution >= 0.6 is 0 Å². The minimum atomic E-state index is -4.02. The molecule has 1 aromatic rings. The molecule has 0 aliphatic heterocycles. The van der Waals surface area contributed by atoms with Gasteiger partial charge in [0.1, 0.15) is 0 Å². The first-order valence-corrected chi connectivity index (χ1v) is 6.40. The Morgan fingerprint density at radius 2 is 1.78 bits per heavy atom. The summed E-state index contributed by atoms with van der Waals surface area (Å²) in [5.74, 6) is 0.575. The second-order valence-electron chi connectivity index (χ2n) is 4.95. The van der Waals surface area contributed by atoms with E-state index in [4.69, 9.17) is 0 Å². The summed E-state index contributed by atoms with van der Waals surface area (Å²) in [6.45, 7) is 0.464. The van der Waals surface area contributed by atoms with E-state index in [9.17, 15) is 13.2 Å². The van der Waals surface area contributed by atoms with Gasteiger partial charge in [0, 0.05) is 12.5 Å². The average molecular weight is 257 g/mol. The monoisotopic (exact) mass is 257 g/mol. The second-order valence-corrected chi connectivity index (χ2v) is 4.95. The quantitative estimate of drug-likeness (QED) is 0.790. The summed E-state index contributed by atoms with van der Waals surface area (Å²) in [5, 5.41) is 3.19. The Kier molecular flexibility index (Phi) is 4.27. The molecule has 0 amide bonds. The van der Waals surface area contributed by atoms with E-state index in [-0.39, 0.29) is 6.42 Å². The van der Waals surface area contributed by atoms with E-state index < -0.39 is 12.6 Å². The molecule has 1 aliphatic carbocycles. The molecular weight excluding hydrogens is 239 g/mol. The third kappa shape index (κ3) is 4.02. The Labute approximate surface area is 105 Å². The van der Waals surface area contributed by atoms with Crippen molar-refractivity contribution < 1.29 is 13.2 Å². The average Bonchev–Trinajstić information content (AvgIpc) is 2.26. The molecule has 0 aromatic heterocycles. The van der Waals surface area contributed by atoms with Crippen molar-refractivity contribution in [1.82, 2.24) is 5.32 Å². The minimum absolute atomic E-state index is 0.177. The van der Waals surface area contributed by atoms with Crippen LogP contribution in [0.3, 0.4) is 0 Å². The fourth-order valence-corrected chi connectivity index (χ4v) is 2.38. The van der Waals surface area contributed by atoms with Crippen LogP contribution in [0.15, 0.2) is 30.3 Å². The summed E-state index contributed by atoms with van der Waals surface area (Å²) < 4.78 is 35.8. The topological polar surface area (TPSA) is 12.0 Å². The Bertz CT molecular complexity index is 355. The fourth-order valence-electron chi connectivity index (χ4n) is 2.38. The summed E-state index contributed by atoms with van der Waals surface area (Å²) in [4.78, 5) is 0. The highest BCUT2D eigenvalue weighted by atomic mass is 19.4. The van der Waals surface area contributed by atoms with Crippen molar-refractivity contribution in [3.63, 3.8) is 0 Å². The lowest BCUT2D eigenvalue weighted by molar-refractivity contribution is -0.135. The first-order chi connectivity index (χ1) is 8.54. The molecule has 1 nitrogen and oxygen atoms in total. The Hall–Kier alpha value is -1.03. The highest BCUT2D eigenvalue weighted by Gasteiger charge is 2.30. The molecule has 0 saturated heterocycles. The van der Waals surface area contributed by atoms with Gasteiger partial charge >= 0.3 is 6.18 Å². The molecule has 0 radical (unpaired) electrons. The minimum Gasteiger partial charge on any atom is -0.314 e. The van der Waals surface area contributed by atoms with Gasteiger partial charge in [0.15, 0.2) is 0 Å². The van der Waals surface area contributed by atoms with Crippen LogP contribution in [-0.4, -0.2) is 18.8 Å². The first kappa shape index (κ1) is 13.4. The highest BCUT2D eigenvalue weighted by molar-refractivity contribution is 5.22. The number of halogens is 3. The maximum Gasteiger partial charge on any atom is 0.389 e. The van der Waals surface area contributed by atoms with Gasteiger partial charge in [-0.1, -0.05) is 30.3 Å². The van der Waals surface area contributed by atoms with Gasteiger partial charge in [0.25, 0.3) is 0 Å². The van der Waals surface area contributed by atoms with Crippen molar-refractivity contribution in [1.29, 1.82) is 0 Å². The van der Waals surface area contributed by atoms with Crippen molar-refractivity contribution in [3.8, 4) is 0 Å². The Morgan fingerprint density at radius 3 is 2.39 bits per heavy atom. The van der Waals surface area contributed by atoms with Gasteiger partial charge in [-0.15, -0.1) is 0 Å². The van der Waals surface area contributed by atoms with Crippen molar-refractivity contribution in [3.05, 3.63) is 35.9 Å². The van der Waals surface area contributed by atoms with Crippen LogP contribution in [0, 0.1) is 0 Å². The molecule has 1 aromatic carbocycles. The molecule has 1 fully saturated rings. The number of nitrogens with one attached hydrogen (secondary N) is 1. The summed E-state index contributed by atoms with van der Waals surface area (Å²) >= 11 is 0. The molecule has 18 heavy (non-hydrogen) atoms. The van der Waals surface area contributed by atoms with Crippen LogP contribution < -0.4 is 5.32 Å². The predicted octanol–water partition coefficient (Wildman–Crippen LogP) is 3.86. The molecule has 2 rings (SSSR count). The lowest BCUT2D eigenvalue weighted by atomic mass is 9.76. The standard InChI is InChI=1S/C14H18F3N/c15-14(16,17)7-4-8-18-13-9-12(10-13)11-5-2-1-3-6-11/h1-3,5-6,12-13,18H,4,7-10H2. The fraction of sp³-hybridized carbons (Fsp3) is 0.571. The zero-order valence-electron chi connectivity index (χ0n) is 10.2. The molecule has 0 unspecified atom stereocenters. The third-order valence-corrected chi connectivity index (χ3v) is 3.48. The molecule has 0 spiro atoms. The number of hydrogen-bond acceptors (Lipinski definition) is 1. The SMILES string of the molecule is FC(F)(F)CCCNC1CC(c2ccccc2)C1. The number of alkyl halides is 3. The third-order valence-electron chi connectivity index (χ3n) is 3.48. The molecule has 1 saturated carbocycles. The predicted molar refractivity (Wildman–Crippen MR) is 65.5 cm³/mol. The molecule has 1 aliphatic rings. The van der Waals surface area contributed by atoms with Crippen molar-refractivity contribution >= 4 is 0 Å². The van der Waals surface area contributed by atoms with E-state index in [1.807, 2.05) is 18.2 Å². The normalized spacial score (nSPS) is 23.7. The van der Waals surface area contributed by atoms with Crippen LogP contribution in [0.4, 0.5) is 13.2 Å². The zero-order chi connectivity index (χ0) is 13.0. The first-order valence-electron chi connectivity index (χ1n) is 6.40. The summed E-state index contributed by atoms with van der Waals surface area (Å²) in [6, 6.07) is 10.7. The Morgan fingerprint density at radius 1 is 1.11 bits per heavy atom. The van der Waals surface area contributed by atoms with Gasteiger partial charge in [0.05, 0.1) is 0 Å². The number of rotatable bonds is 5. The van der Waals surface area contributed by atoms with E-state index in [1.165, 1.54) is 5.56 Å². The summed E-state index contributed by atoms with van der Waals surface area (Å²) in [6.07, 6.45) is -2.45. The molecule has 1 N–H and O–H groups in total. The summed E-state index contributed by atoms with van der Waals surface area (Å²) in [7, 11) is 0. The Balaban J connectivity index is 1.60. The molecule has 0 heterocycles. The maximum absolute atomic E-state index is 11.9. The van der Waals surface area contributed by atoms with Crippen molar-refractivity contribution in [2.45, 2.75) is 43.8 Å². The van der Waals surface area contributed by atoms with Gasteiger partial charge in [-0.2, -0.15) is 13.2 Å². The highest BCUT2D eigenvalue weighted by Crippen LogP contribution is 2.36. The maximum atomic E-state index is 11.9. The van der Waals surface area contributed by atoms with Crippen LogP contribution in [0.1, 0.15) is 37.2 Å². The van der Waals surface area contributed by atoms with E-state index >= 15 is 0 Å². The van der Waals surface area contributed by atoms with E-state index in [1.54, 1.807) is 0 Å². The number of benzene rings is 1. The number of hydrogen-bond donors (Lipinski definition) is 1. The van der Waals surface area contributed by atoms with Gasteiger partial charge in [-0.05, 0) is 37.3 Å². The lowest BCUT2D eigenvalue weighted by Gasteiger charge is -2.36. The second kappa shape index (κ2) is 5.74. The van der Waals surface area contributed by atoms with Crippen LogP contribution in [0.2, 0.25) is 0 Å². The lowest BCUT2D eigenvalue weighted by Crippen LogP contribution is -2.40. The van der Waals surface area contributed by atoms with Gasteiger partial charge in [-0.3, -0.25) is 0 Å². The van der Waals surface area contributed by atoms with E-state index in [0.717, 1.165) is 12.8 Å². The van der Waals surface area contributed by atoms with E-state index in [0.29, 0.717) is 18.5 Å². The van der Waals surface area contributed by atoms with Crippen LogP contribution in [-0.2, 0) is 0 Å². The molecular formula is C14H18F3N. The molecule has 100 valence electrons. The van der Waals surface area contributed by atoms with Gasteiger partial charge in [0.2, 0.25) is 0 Å². The smallest absolute Gasteiger partial charge is 0.314 e. The van der Waals surface area contributed by atoms with Gasteiger partial charge < -0.3 is 5.32 Å². The van der Waals surface area contributed by atoms with Crippen molar-refractivity contribution in [2.24, 2.45) is 0 Å². The zero-order valence-corrected chi connectivity index (χ0v) is 10.2.